The summed E-state index contributed by atoms with van der Waals surface area (Å²) in [4.78, 5) is 0.708. The normalized spacial score (nSPS) is 14.0. The minimum absolute atomic E-state index is 0.136. The molecule has 0 saturated heterocycles. The van der Waals surface area contributed by atoms with Crippen molar-refractivity contribution in [1.82, 2.24) is 0 Å². The highest BCUT2D eigenvalue weighted by atomic mass is 32.2. The minimum Gasteiger partial charge on any atom is -0.279 e. The molecule has 1 unspecified atom stereocenters. The average Bonchev–Trinajstić information content (AvgIpc) is 2.46. The van der Waals surface area contributed by atoms with Gasteiger partial charge in [-0.3, -0.25) is 4.18 Å². The fraction of sp³-hybridized carbons (Fsp3) is 0.250. The van der Waals surface area contributed by atoms with Crippen molar-refractivity contribution in [2.45, 2.75) is 31.3 Å². The van der Waals surface area contributed by atoms with Gasteiger partial charge in [0.2, 0.25) is 0 Å². The second kappa shape index (κ2) is 6.64. The van der Waals surface area contributed by atoms with Crippen molar-refractivity contribution in [3.63, 3.8) is 0 Å². The Balaban J connectivity index is 2.10. The lowest BCUT2D eigenvalue weighted by Crippen LogP contribution is -2.06. The van der Waals surface area contributed by atoms with Gasteiger partial charge in [0.25, 0.3) is 0 Å². The third kappa shape index (κ3) is 3.75. The van der Waals surface area contributed by atoms with E-state index in [4.69, 9.17) is 4.18 Å². The van der Waals surface area contributed by atoms with Crippen LogP contribution in [0.25, 0.3) is 0 Å². The molecule has 0 aliphatic heterocycles. The van der Waals surface area contributed by atoms with Gasteiger partial charge in [0, 0.05) is 0 Å². The molecule has 2 aromatic carbocycles. The van der Waals surface area contributed by atoms with Crippen LogP contribution in [0.3, 0.4) is 0 Å². The molecule has 2 atom stereocenters. The summed E-state index contributed by atoms with van der Waals surface area (Å²) in [6, 6.07) is 17.5. The summed E-state index contributed by atoms with van der Waals surface area (Å²) >= 11 is -1.42. The van der Waals surface area contributed by atoms with Gasteiger partial charge in [-0.1, -0.05) is 55.0 Å². The molecule has 19 heavy (non-hydrogen) atoms. The van der Waals surface area contributed by atoms with E-state index in [9.17, 15) is 4.21 Å². The zero-order valence-electron chi connectivity index (χ0n) is 11.2. The second-order valence-electron chi connectivity index (χ2n) is 4.45. The molecule has 0 amide bonds. The van der Waals surface area contributed by atoms with Gasteiger partial charge in [-0.25, -0.2) is 4.21 Å². The lowest BCUT2D eigenvalue weighted by atomic mass is 10.1. The summed E-state index contributed by atoms with van der Waals surface area (Å²) in [7, 11) is 0. The molecular formula is C16H18O2S. The van der Waals surface area contributed by atoms with E-state index in [1.807, 2.05) is 68.4 Å². The molecule has 0 bridgehead atoms. The van der Waals surface area contributed by atoms with Gasteiger partial charge in [0.05, 0.1) is 11.0 Å². The average molecular weight is 274 g/mol. The molecule has 0 saturated carbocycles. The van der Waals surface area contributed by atoms with E-state index in [1.165, 1.54) is 0 Å². The second-order valence-corrected chi connectivity index (χ2v) is 5.58. The molecule has 0 N–H and O–H groups in total. The molecule has 0 radical (unpaired) electrons. The summed E-state index contributed by atoms with van der Waals surface area (Å²) < 4.78 is 17.9. The first kappa shape index (κ1) is 14.0. The quantitative estimate of drug-likeness (QED) is 0.817. The van der Waals surface area contributed by atoms with Crippen LogP contribution in [-0.4, -0.2) is 4.21 Å². The molecule has 0 aliphatic rings. The fourth-order valence-electron chi connectivity index (χ4n) is 1.84. The molecule has 100 valence electrons. The molecule has 0 spiro atoms. The number of rotatable bonds is 5. The van der Waals surface area contributed by atoms with E-state index in [-0.39, 0.29) is 6.10 Å². The molecule has 0 aliphatic carbocycles. The third-order valence-electron chi connectivity index (χ3n) is 2.96. The summed E-state index contributed by atoms with van der Waals surface area (Å²) in [6.45, 7) is 4.04. The molecule has 2 aromatic rings. The van der Waals surface area contributed by atoms with Gasteiger partial charge < -0.3 is 0 Å². The third-order valence-corrected chi connectivity index (χ3v) is 4.02. The Bertz CT molecular complexity index is 534. The maximum Gasteiger partial charge on any atom is 0.189 e. The van der Waals surface area contributed by atoms with Crippen LogP contribution in [0.5, 0.6) is 0 Å². The highest BCUT2D eigenvalue weighted by Gasteiger charge is 2.14. The molecule has 3 heteroatoms. The number of hydrogen-bond donors (Lipinski definition) is 0. The summed E-state index contributed by atoms with van der Waals surface area (Å²) in [5.74, 6) is 0. The maximum atomic E-state index is 12.2. The monoisotopic (exact) mass is 274 g/mol. The van der Waals surface area contributed by atoms with Gasteiger partial charge in [-0.15, -0.1) is 0 Å². The highest BCUT2D eigenvalue weighted by molar-refractivity contribution is 7.80. The van der Waals surface area contributed by atoms with Crippen molar-refractivity contribution in [3.8, 4) is 0 Å². The van der Waals surface area contributed by atoms with Crippen LogP contribution < -0.4 is 0 Å². The van der Waals surface area contributed by atoms with Crippen LogP contribution in [0, 0.1) is 6.92 Å². The standard InChI is InChI=1S/C16H18O2S/c1-3-16(14-7-5-4-6-8-14)18-19(17)15-11-9-13(2)10-12-15/h4-12,16H,3H2,1-2H3/t16-,19?/m1/s1. The van der Waals surface area contributed by atoms with E-state index in [2.05, 4.69) is 0 Å². The Morgan fingerprint density at radius 2 is 1.68 bits per heavy atom. The van der Waals surface area contributed by atoms with Crippen molar-refractivity contribution in [3.05, 3.63) is 65.7 Å². The number of aryl methyl sites for hydroxylation is 1. The fourth-order valence-corrected chi connectivity index (χ4v) is 2.77. The van der Waals surface area contributed by atoms with Crippen molar-refractivity contribution in [2.24, 2.45) is 0 Å². The maximum absolute atomic E-state index is 12.2. The summed E-state index contributed by atoms with van der Waals surface area (Å²) in [5, 5.41) is 0. The Kier molecular flexibility index (Phi) is 4.88. The van der Waals surface area contributed by atoms with Gasteiger partial charge >= 0.3 is 0 Å². The predicted molar refractivity (Wildman–Crippen MR) is 78.1 cm³/mol. The molecule has 2 nitrogen and oxygen atoms in total. The smallest absolute Gasteiger partial charge is 0.189 e. The Hall–Kier alpha value is -1.45. The van der Waals surface area contributed by atoms with Crippen LogP contribution >= 0.6 is 0 Å². The van der Waals surface area contributed by atoms with Crippen LogP contribution in [-0.2, 0) is 15.3 Å². The molecule has 0 heterocycles. The van der Waals surface area contributed by atoms with E-state index in [1.54, 1.807) is 0 Å². The van der Waals surface area contributed by atoms with Crippen molar-refractivity contribution in [2.75, 3.05) is 0 Å². The van der Waals surface area contributed by atoms with E-state index < -0.39 is 11.1 Å². The van der Waals surface area contributed by atoms with E-state index in [0.29, 0.717) is 4.90 Å². The molecule has 2 rings (SSSR count). The number of hydrogen-bond acceptors (Lipinski definition) is 2. The van der Waals surface area contributed by atoms with Gasteiger partial charge in [-0.05, 0) is 31.0 Å². The van der Waals surface area contributed by atoms with Crippen LogP contribution in [0.1, 0.15) is 30.6 Å². The first-order chi connectivity index (χ1) is 9.20. The van der Waals surface area contributed by atoms with Crippen molar-refractivity contribution < 1.29 is 8.39 Å². The zero-order valence-corrected chi connectivity index (χ0v) is 12.0. The molecular weight excluding hydrogens is 256 g/mol. The lowest BCUT2D eigenvalue weighted by Gasteiger charge is -2.15. The Morgan fingerprint density at radius 3 is 2.26 bits per heavy atom. The first-order valence-corrected chi connectivity index (χ1v) is 7.48. The van der Waals surface area contributed by atoms with Crippen LogP contribution in [0.2, 0.25) is 0 Å². The molecule has 0 aromatic heterocycles. The SMILES string of the molecule is CC[C@@H](OS(=O)c1ccc(C)cc1)c1ccccc1. The number of benzene rings is 2. The van der Waals surface area contributed by atoms with E-state index in [0.717, 1.165) is 17.5 Å². The summed E-state index contributed by atoms with van der Waals surface area (Å²) in [6.07, 6.45) is 0.657. The van der Waals surface area contributed by atoms with Gasteiger partial charge in [0.1, 0.15) is 0 Å². The largest absolute Gasteiger partial charge is 0.279 e. The minimum atomic E-state index is -1.42. The Labute approximate surface area is 117 Å². The van der Waals surface area contributed by atoms with Gasteiger partial charge in [-0.2, -0.15) is 0 Å². The van der Waals surface area contributed by atoms with E-state index >= 15 is 0 Å². The molecule has 0 fully saturated rings. The zero-order chi connectivity index (χ0) is 13.7. The van der Waals surface area contributed by atoms with Gasteiger partial charge in [0.15, 0.2) is 11.1 Å². The first-order valence-electron chi connectivity index (χ1n) is 6.41. The van der Waals surface area contributed by atoms with Crippen molar-refractivity contribution >= 4 is 11.1 Å². The lowest BCUT2D eigenvalue weighted by molar-refractivity contribution is 0.226. The predicted octanol–water partition coefficient (Wildman–Crippen LogP) is 4.19. The van der Waals surface area contributed by atoms with Crippen molar-refractivity contribution in [1.29, 1.82) is 0 Å². The van der Waals surface area contributed by atoms with Crippen LogP contribution in [0.15, 0.2) is 59.5 Å². The highest BCUT2D eigenvalue weighted by Crippen LogP contribution is 2.24. The topological polar surface area (TPSA) is 26.3 Å². The van der Waals surface area contributed by atoms with Crippen LogP contribution in [0.4, 0.5) is 0 Å². The Morgan fingerprint density at radius 1 is 1.05 bits per heavy atom. The summed E-state index contributed by atoms with van der Waals surface area (Å²) in [5.41, 5.74) is 2.21.